The number of carbonyl (C=O) groups is 2. The maximum absolute atomic E-state index is 12.7. The fraction of sp³-hybridized carbons (Fsp3) is 0.389. The van der Waals surface area contributed by atoms with Crippen molar-refractivity contribution >= 4 is 51.6 Å². The molecular formula is C18H20ClN3O2S2. The van der Waals surface area contributed by atoms with E-state index in [4.69, 9.17) is 11.6 Å². The van der Waals surface area contributed by atoms with Gasteiger partial charge in [0.25, 0.3) is 5.91 Å². The molecule has 26 heavy (non-hydrogen) atoms. The van der Waals surface area contributed by atoms with Crippen molar-refractivity contribution in [2.24, 2.45) is 5.92 Å². The van der Waals surface area contributed by atoms with E-state index >= 15 is 0 Å². The second kappa shape index (κ2) is 8.41. The lowest BCUT2D eigenvalue weighted by Crippen LogP contribution is -2.43. The van der Waals surface area contributed by atoms with Crippen LogP contribution in [-0.2, 0) is 4.79 Å². The van der Waals surface area contributed by atoms with Crippen molar-refractivity contribution < 1.29 is 9.59 Å². The predicted molar refractivity (Wildman–Crippen MR) is 107 cm³/mol. The number of hydrogen-bond acceptors (Lipinski definition) is 5. The minimum atomic E-state index is -0.220. The molecular weight excluding hydrogens is 390 g/mol. The van der Waals surface area contributed by atoms with Crippen molar-refractivity contribution in [3.63, 3.8) is 0 Å². The van der Waals surface area contributed by atoms with Gasteiger partial charge in [0.2, 0.25) is 5.91 Å². The number of likely N-dealkylation sites (tertiary alicyclic amines) is 1. The summed E-state index contributed by atoms with van der Waals surface area (Å²) in [5.41, 5.74) is 1.52. The van der Waals surface area contributed by atoms with E-state index < -0.39 is 0 Å². The Morgan fingerprint density at radius 2 is 2.08 bits per heavy atom. The summed E-state index contributed by atoms with van der Waals surface area (Å²) in [6.07, 6.45) is 3.58. The second-order valence-corrected chi connectivity index (χ2v) is 8.69. The van der Waals surface area contributed by atoms with Crippen LogP contribution in [0.2, 0.25) is 5.02 Å². The summed E-state index contributed by atoms with van der Waals surface area (Å²) in [4.78, 5) is 31.4. The van der Waals surface area contributed by atoms with Crippen molar-refractivity contribution in [3.05, 3.63) is 40.5 Å². The third-order valence-corrected chi connectivity index (χ3v) is 6.88. The van der Waals surface area contributed by atoms with E-state index in [2.05, 4.69) is 10.3 Å². The SMILES string of the molecule is CSc1sc(NC(=O)C2CCCN(C(=O)c3ccc(Cl)cc3)C2)nc1C. The molecule has 2 heterocycles. The number of halogens is 1. The monoisotopic (exact) mass is 409 g/mol. The van der Waals surface area contributed by atoms with Gasteiger partial charge in [-0.1, -0.05) is 22.9 Å². The molecule has 3 rings (SSSR count). The van der Waals surface area contributed by atoms with Crippen LogP contribution >= 0.6 is 34.7 Å². The molecule has 1 aliphatic heterocycles. The molecule has 1 aromatic carbocycles. The molecule has 5 nitrogen and oxygen atoms in total. The summed E-state index contributed by atoms with van der Waals surface area (Å²) in [6, 6.07) is 6.85. The molecule has 1 N–H and O–H groups in total. The molecule has 1 unspecified atom stereocenters. The summed E-state index contributed by atoms with van der Waals surface area (Å²) < 4.78 is 1.10. The number of carbonyl (C=O) groups excluding carboxylic acids is 2. The van der Waals surface area contributed by atoms with Crippen LogP contribution < -0.4 is 5.32 Å². The summed E-state index contributed by atoms with van der Waals surface area (Å²) in [7, 11) is 0. The average Bonchev–Trinajstić information content (AvgIpc) is 3.01. The Kier molecular flexibility index (Phi) is 6.21. The van der Waals surface area contributed by atoms with Crippen LogP contribution in [0.1, 0.15) is 28.9 Å². The Labute approximate surface area is 166 Å². The quantitative estimate of drug-likeness (QED) is 0.764. The lowest BCUT2D eigenvalue weighted by Gasteiger charge is -2.32. The van der Waals surface area contributed by atoms with Crippen LogP contribution in [0, 0.1) is 12.8 Å². The van der Waals surface area contributed by atoms with E-state index in [1.54, 1.807) is 40.9 Å². The zero-order valence-corrected chi connectivity index (χ0v) is 17.0. The standard InChI is InChI=1S/C18H20ClN3O2S2/c1-11-17(25-2)26-18(20-11)21-15(23)13-4-3-9-22(10-13)16(24)12-5-7-14(19)8-6-12/h5-8,13H,3-4,9-10H2,1-2H3,(H,20,21,23). The molecule has 2 amide bonds. The lowest BCUT2D eigenvalue weighted by atomic mass is 9.96. The minimum Gasteiger partial charge on any atom is -0.338 e. The third kappa shape index (κ3) is 4.39. The number of anilines is 1. The van der Waals surface area contributed by atoms with Gasteiger partial charge in [-0.25, -0.2) is 4.98 Å². The molecule has 2 aromatic rings. The zero-order valence-electron chi connectivity index (χ0n) is 14.6. The maximum Gasteiger partial charge on any atom is 0.253 e. The Morgan fingerprint density at radius 1 is 1.35 bits per heavy atom. The first-order valence-corrected chi connectivity index (χ1v) is 10.8. The Balaban J connectivity index is 1.64. The number of benzene rings is 1. The number of hydrogen-bond donors (Lipinski definition) is 1. The number of rotatable bonds is 4. The number of aryl methyl sites for hydroxylation is 1. The van der Waals surface area contributed by atoms with Crippen LogP contribution in [0.25, 0.3) is 0 Å². The van der Waals surface area contributed by atoms with Gasteiger partial charge in [0.05, 0.1) is 15.8 Å². The zero-order chi connectivity index (χ0) is 18.7. The van der Waals surface area contributed by atoms with Crippen LogP contribution in [0.5, 0.6) is 0 Å². The van der Waals surface area contributed by atoms with Crippen LogP contribution in [0.3, 0.4) is 0 Å². The fourth-order valence-electron chi connectivity index (χ4n) is 2.98. The highest BCUT2D eigenvalue weighted by Crippen LogP contribution is 2.31. The van der Waals surface area contributed by atoms with Gasteiger partial charge in [0.1, 0.15) is 0 Å². The van der Waals surface area contributed by atoms with E-state index in [0.717, 1.165) is 22.7 Å². The molecule has 0 spiro atoms. The highest BCUT2D eigenvalue weighted by Gasteiger charge is 2.29. The topological polar surface area (TPSA) is 62.3 Å². The summed E-state index contributed by atoms with van der Waals surface area (Å²) in [6.45, 7) is 3.02. The van der Waals surface area contributed by atoms with Crippen LogP contribution in [0.4, 0.5) is 5.13 Å². The third-order valence-electron chi connectivity index (χ3n) is 4.34. The highest BCUT2D eigenvalue weighted by molar-refractivity contribution is 8.00. The number of nitrogens with one attached hydrogen (secondary N) is 1. The Hall–Kier alpha value is -1.57. The molecule has 0 aliphatic carbocycles. The van der Waals surface area contributed by atoms with E-state index in [1.165, 1.54) is 11.3 Å². The van der Waals surface area contributed by atoms with Crippen molar-refractivity contribution in [2.45, 2.75) is 24.0 Å². The highest BCUT2D eigenvalue weighted by atomic mass is 35.5. The summed E-state index contributed by atoms with van der Waals surface area (Å²) >= 11 is 8.99. The number of thioether (sulfide) groups is 1. The van der Waals surface area contributed by atoms with Gasteiger partial charge in [-0.3, -0.25) is 9.59 Å². The lowest BCUT2D eigenvalue weighted by molar-refractivity contribution is -0.121. The molecule has 8 heteroatoms. The predicted octanol–water partition coefficient (Wildman–Crippen LogP) is 4.32. The van der Waals surface area contributed by atoms with Gasteiger partial charge in [-0.05, 0) is 50.3 Å². The Morgan fingerprint density at radius 3 is 2.73 bits per heavy atom. The van der Waals surface area contributed by atoms with Crippen molar-refractivity contribution in [2.75, 3.05) is 24.7 Å². The molecule has 1 fully saturated rings. The first-order valence-electron chi connectivity index (χ1n) is 8.35. The number of aromatic nitrogens is 1. The summed E-state index contributed by atoms with van der Waals surface area (Å²) in [5, 5.41) is 4.13. The maximum atomic E-state index is 12.7. The second-order valence-electron chi connectivity index (χ2n) is 6.18. The molecule has 0 saturated carbocycles. The van der Waals surface area contributed by atoms with E-state index in [1.807, 2.05) is 13.2 Å². The Bertz CT molecular complexity index is 807. The number of thiazole rings is 1. The first kappa shape index (κ1) is 19.2. The van der Waals surface area contributed by atoms with Crippen LogP contribution in [-0.4, -0.2) is 41.0 Å². The molecule has 0 radical (unpaired) electrons. The molecule has 1 saturated heterocycles. The largest absolute Gasteiger partial charge is 0.338 e. The van der Waals surface area contributed by atoms with E-state index in [0.29, 0.717) is 28.8 Å². The molecule has 1 aliphatic rings. The number of amides is 2. The summed E-state index contributed by atoms with van der Waals surface area (Å²) in [5.74, 6) is -0.351. The van der Waals surface area contributed by atoms with Gasteiger partial charge in [-0.2, -0.15) is 0 Å². The average molecular weight is 410 g/mol. The van der Waals surface area contributed by atoms with Gasteiger partial charge in [-0.15, -0.1) is 11.8 Å². The van der Waals surface area contributed by atoms with E-state index in [9.17, 15) is 9.59 Å². The molecule has 1 atom stereocenters. The van der Waals surface area contributed by atoms with Gasteiger partial charge in [0, 0.05) is 23.7 Å². The van der Waals surface area contributed by atoms with Crippen molar-refractivity contribution in [1.82, 2.24) is 9.88 Å². The minimum absolute atomic E-state index is 0.0612. The van der Waals surface area contributed by atoms with Crippen LogP contribution in [0.15, 0.2) is 28.5 Å². The first-order chi connectivity index (χ1) is 12.5. The molecule has 1 aromatic heterocycles. The van der Waals surface area contributed by atoms with Gasteiger partial charge < -0.3 is 10.2 Å². The molecule has 0 bridgehead atoms. The van der Waals surface area contributed by atoms with Gasteiger partial charge >= 0.3 is 0 Å². The molecule has 138 valence electrons. The fourth-order valence-corrected chi connectivity index (χ4v) is 4.72. The number of piperidine rings is 1. The number of nitrogens with zero attached hydrogens (tertiary/aromatic N) is 2. The smallest absolute Gasteiger partial charge is 0.253 e. The van der Waals surface area contributed by atoms with Crippen molar-refractivity contribution in [3.8, 4) is 0 Å². The normalized spacial score (nSPS) is 17.2. The van der Waals surface area contributed by atoms with Gasteiger partial charge in [0.15, 0.2) is 5.13 Å². The van der Waals surface area contributed by atoms with Crippen molar-refractivity contribution in [1.29, 1.82) is 0 Å². The van der Waals surface area contributed by atoms with E-state index in [-0.39, 0.29) is 17.7 Å².